The Morgan fingerprint density at radius 2 is 1.95 bits per heavy atom. The zero-order chi connectivity index (χ0) is 30.7. The van der Waals surface area contributed by atoms with E-state index in [0.29, 0.717) is 12.0 Å². The molecule has 11 heteroatoms. The molecular formula is C30H41N3O8. The molecule has 0 radical (unpaired) electrons. The third kappa shape index (κ3) is 9.38. The van der Waals surface area contributed by atoms with Crippen molar-refractivity contribution in [3.8, 4) is 0 Å². The summed E-state index contributed by atoms with van der Waals surface area (Å²) in [5.74, 6) is -1.69. The maximum Gasteiger partial charge on any atom is 0.405 e. The molecule has 224 valence electrons. The molecule has 3 unspecified atom stereocenters. The third-order valence-corrected chi connectivity index (χ3v) is 6.88. The lowest BCUT2D eigenvalue weighted by Gasteiger charge is -2.27. The number of ether oxygens (including phenoxy) is 3. The van der Waals surface area contributed by atoms with Crippen LogP contribution in [0.5, 0.6) is 0 Å². The van der Waals surface area contributed by atoms with Crippen molar-refractivity contribution in [2.24, 2.45) is 11.7 Å². The van der Waals surface area contributed by atoms with E-state index in [1.807, 2.05) is 6.92 Å². The highest BCUT2D eigenvalue weighted by Crippen LogP contribution is 2.27. The van der Waals surface area contributed by atoms with Gasteiger partial charge in [0.25, 0.3) is 5.91 Å². The van der Waals surface area contributed by atoms with Gasteiger partial charge in [0.1, 0.15) is 6.10 Å². The number of nitrogens with two attached hydrogens (primary N) is 1. The van der Waals surface area contributed by atoms with Crippen LogP contribution in [0.25, 0.3) is 0 Å². The molecule has 2 amide bonds. The van der Waals surface area contributed by atoms with Gasteiger partial charge < -0.3 is 35.7 Å². The van der Waals surface area contributed by atoms with Gasteiger partial charge in [-0.3, -0.25) is 14.4 Å². The lowest BCUT2D eigenvalue weighted by molar-refractivity contribution is -0.120. The number of carbonyl (C=O) groups is 4. The van der Waals surface area contributed by atoms with Crippen LogP contribution in [-0.2, 0) is 28.6 Å². The highest BCUT2D eigenvalue weighted by atomic mass is 16.6. The molecule has 1 aliphatic carbocycles. The fourth-order valence-corrected chi connectivity index (χ4v) is 4.62. The first-order chi connectivity index (χ1) is 19.4. The van der Waals surface area contributed by atoms with Crippen LogP contribution in [0.3, 0.4) is 0 Å². The molecule has 0 spiro atoms. The average molecular weight is 572 g/mol. The van der Waals surface area contributed by atoms with Crippen LogP contribution in [0.2, 0.25) is 0 Å². The second-order valence-corrected chi connectivity index (χ2v) is 10.1. The van der Waals surface area contributed by atoms with Crippen LogP contribution < -0.4 is 16.4 Å². The minimum absolute atomic E-state index is 0.131. The van der Waals surface area contributed by atoms with Crippen LogP contribution >= 0.6 is 0 Å². The molecule has 0 saturated heterocycles. The molecule has 11 nitrogen and oxygen atoms in total. The molecule has 2 rings (SSSR count). The average Bonchev–Trinajstić information content (AvgIpc) is 2.93. The monoisotopic (exact) mass is 571 g/mol. The fourth-order valence-electron chi connectivity index (χ4n) is 4.62. The van der Waals surface area contributed by atoms with Gasteiger partial charge in [-0.25, -0.2) is 4.79 Å². The van der Waals surface area contributed by atoms with Crippen LogP contribution in [-0.4, -0.2) is 73.9 Å². The third-order valence-electron chi connectivity index (χ3n) is 6.88. The Kier molecular flexibility index (Phi) is 12.9. The number of ketones is 2. The Bertz CT molecular complexity index is 1180. The first-order valence-electron chi connectivity index (χ1n) is 13.3. The first kappa shape index (κ1) is 33.4. The smallest absolute Gasteiger partial charge is 0.405 e. The van der Waals surface area contributed by atoms with Gasteiger partial charge in [-0.1, -0.05) is 37.3 Å². The number of hydrogen-bond donors (Lipinski definition) is 4. The quantitative estimate of drug-likeness (QED) is 0.276. The van der Waals surface area contributed by atoms with Gasteiger partial charge in [-0.2, -0.15) is 0 Å². The normalized spacial score (nSPS) is 30.2. The molecule has 2 aliphatic rings. The lowest BCUT2D eigenvalue weighted by Crippen LogP contribution is -2.36. The minimum atomic E-state index is -0.998. The Morgan fingerprint density at radius 3 is 2.56 bits per heavy atom. The summed E-state index contributed by atoms with van der Waals surface area (Å²) in [5, 5.41) is 16.5. The van der Waals surface area contributed by atoms with Crippen molar-refractivity contribution in [2.45, 2.75) is 64.4 Å². The SMILES string of the molecule is C=CCNC1=C2C[C@@H](C)CC(OC)[C@H](O)C/C=C(\C)C(OC(N)=O)C(OC)/C=C\C=C(/C)C(=O)NC(=CC1=O)C2=O. The molecule has 0 saturated carbocycles. The number of fused-ring (bicyclic) bond motifs is 2. The molecule has 41 heavy (non-hydrogen) atoms. The van der Waals surface area contributed by atoms with Gasteiger partial charge in [-0.15, -0.1) is 6.58 Å². The van der Waals surface area contributed by atoms with Gasteiger partial charge in [0, 0.05) is 38.0 Å². The van der Waals surface area contributed by atoms with E-state index in [9.17, 15) is 24.3 Å². The Balaban J connectivity index is 2.57. The summed E-state index contributed by atoms with van der Waals surface area (Å²) in [6, 6.07) is 0. The Morgan fingerprint density at radius 1 is 1.24 bits per heavy atom. The molecule has 0 aromatic heterocycles. The summed E-state index contributed by atoms with van der Waals surface area (Å²) in [7, 11) is 2.91. The largest absolute Gasteiger partial charge is 0.439 e. The van der Waals surface area contributed by atoms with E-state index in [0.717, 1.165) is 6.08 Å². The number of allylic oxidation sites excluding steroid dienone is 4. The van der Waals surface area contributed by atoms with Crippen LogP contribution in [0.15, 0.2) is 71.1 Å². The summed E-state index contributed by atoms with van der Waals surface area (Å²) in [4.78, 5) is 51.1. The number of nitrogens with one attached hydrogen (secondary N) is 2. The van der Waals surface area contributed by atoms with Gasteiger partial charge in [0.15, 0.2) is 6.10 Å². The van der Waals surface area contributed by atoms with Crippen molar-refractivity contribution in [2.75, 3.05) is 20.8 Å². The van der Waals surface area contributed by atoms with Crippen LogP contribution in [0.1, 0.15) is 40.0 Å². The zero-order valence-corrected chi connectivity index (χ0v) is 24.3. The second-order valence-electron chi connectivity index (χ2n) is 10.1. The number of Topliss-reactive ketones (excluding diaryl/α,β-unsaturated/α-hetero) is 1. The number of rotatable bonds is 6. The summed E-state index contributed by atoms with van der Waals surface area (Å²) >= 11 is 0. The fraction of sp³-hybridized carbons (Fsp3) is 0.467. The van der Waals surface area contributed by atoms with Crippen molar-refractivity contribution >= 4 is 23.6 Å². The highest BCUT2D eigenvalue weighted by Gasteiger charge is 2.32. The highest BCUT2D eigenvalue weighted by molar-refractivity contribution is 6.23. The minimum Gasteiger partial charge on any atom is -0.439 e. The summed E-state index contributed by atoms with van der Waals surface area (Å²) < 4.78 is 16.4. The van der Waals surface area contributed by atoms with E-state index in [2.05, 4.69) is 17.2 Å². The number of amides is 2. The van der Waals surface area contributed by atoms with Crippen molar-refractivity contribution in [1.29, 1.82) is 0 Å². The van der Waals surface area contributed by atoms with Crippen molar-refractivity contribution in [1.82, 2.24) is 10.6 Å². The molecule has 0 aromatic carbocycles. The summed E-state index contributed by atoms with van der Waals surface area (Å²) in [6.45, 7) is 9.07. The Labute approximate surface area is 240 Å². The van der Waals surface area contributed by atoms with E-state index in [1.165, 1.54) is 20.3 Å². The molecule has 0 fully saturated rings. The van der Waals surface area contributed by atoms with Crippen LogP contribution in [0, 0.1) is 5.92 Å². The van der Waals surface area contributed by atoms with Crippen LogP contribution in [0.4, 0.5) is 4.79 Å². The number of carbonyl (C=O) groups excluding carboxylic acids is 4. The molecular weight excluding hydrogens is 530 g/mol. The molecule has 1 heterocycles. The van der Waals surface area contributed by atoms with E-state index in [4.69, 9.17) is 19.9 Å². The van der Waals surface area contributed by atoms with Crippen molar-refractivity contribution in [3.63, 3.8) is 0 Å². The topological polar surface area (TPSA) is 166 Å². The first-order valence-corrected chi connectivity index (χ1v) is 13.3. The molecule has 0 aromatic rings. The predicted molar refractivity (Wildman–Crippen MR) is 153 cm³/mol. The van der Waals surface area contributed by atoms with E-state index < -0.39 is 48.0 Å². The maximum absolute atomic E-state index is 13.5. The van der Waals surface area contributed by atoms with Gasteiger partial charge in [0.2, 0.25) is 11.6 Å². The maximum atomic E-state index is 13.5. The van der Waals surface area contributed by atoms with Gasteiger partial charge in [0.05, 0.1) is 23.6 Å². The van der Waals surface area contributed by atoms with Crippen molar-refractivity contribution in [3.05, 3.63) is 71.1 Å². The van der Waals surface area contributed by atoms with E-state index >= 15 is 0 Å². The molecule has 1 aliphatic heterocycles. The number of aliphatic hydroxyl groups is 1. The summed E-state index contributed by atoms with van der Waals surface area (Å²) in [5.41, 5.74) is 6.39. The molecule has 5 N–H and O–H groups in total. The number of aliphatic hydroxyl groups excluding tert-OH is 1. The van der Waals surface area contributed by atoms with Gasteiger partial charge >= 0.3 is 6.09 Å². The summed E-state index contributed by atoms with van der Waals surface area (Å²) in [6.07, 6.45) is 5.55. The second kappa shape index (κ2) is 15.8. The molecule has 2 bridgehead atoms. The zero-order valence-electron chi connectivity index (χ0n) is 24.3. The number of hydrogen-bond acceptors (Lipinski definition) is 9. The van der Waals surface area contributed by atoms with Gasteiger partial charge in [-0.05, 0) is 44.6 Å². The molecule has 5 atom stereocenters. The Hall–Kier alpha value is -3.80. The van der Waals surface area contributed by atoms with E-state index in [1.54, 1.807) is 38.2 Å². The lowest BCUT2D eigenvalue weighted by atomic mass is 9.86. The standard InChI is InChI=1S/C30H41N3O8/c1-7-13-32-26-20-14-17(2)15-25(40-6)22(34)12-11-18(3)28(41-30(31)38)24(39-5)10-8-9-19(4)29(37)33-21(27(20)36)16-23(26)35/h7-11,16-17,22,24-25,28,32,34H,1,12-15H2,2-6H3,(H2,31,38)(H,33,37)/b10-8-,18-11+,19-9+/t17-,22-,24?,25?,28?/m1/s1. The van der Waals surface area contributed by atoms with E-state index in [-0.39, 0.29) is 47.8 Å². The predicted octanol–water partition coefficient (Wildman–Crippen LogP) is 2.29. The van der Waals surface area contributed by atoms with Crippen molar-refractivity contribution < 1.29 is 38.5 Å². The number of primary amides is 1. The number of methoxy groups -OCH3 is 2.